The number of urea groups is 1. The van der Waals surface area contributed by atoms with Crippen LogP contribution in [0, 0.1) is 24.7 Å². The van der Waals surface area contributed by atoms with Crippen molar-refractivity contribution in [2.45, 2.75) is 6.54 Å². The molecule has 0 aliphatic carbocycles. The molecule has 0 aliphatic heterocycles. The molecule has 8 heteroatoms. The van der Waals surface area contributed by atoms with Gasteiger partial charge in [0.25, 0.3) is 5.91 Å². The van der Waals surface area contributed by atoms with Gasteiger partial charge in [0.1, 0.15) is 5.75 Å². The van der Waals surface area contributed by atoms with Crippen LogP contribution in [0.1, 0.15) is 27.0 Å². The average Bonchev–Trinajstić information content (AvgIpc) is 2.93. The van der Waals surface area contributed by atoms with Gasteiger partial charge in [0.15, 0.2) is 0 Å². The van der Waals surface area contributed by atoms with Gasteiger partial charge in [-0.3, -0.25) is 4.79 Å². The third kappa shape index (κ3) is 7.54. The third-order valence-corrected chi connectivity index (χ3v) is 5.46. The predicted molar refractivity (Wildman–Crippen MR) is 150 cm³/mol. The summed E-state index contributed by atoms with van der Waals surface area (Å²) < 4.78 is 5.28. The number of nitrogens with zero attached hydrogens (tertiary/aromatic N) is 4. The predicted octanol–water partition coefficient (Wildman–Crippen LogP) is 5.05. The number of hydrogen-bond acceptors (Lipinski definition) is 6. The lowest BCUT2D eigenvalue weighted by Gasteiger charge is -2.22. The number of anilines is 2. The van der Waals surface area contributed by atoms with Crippen molar-refractivity contribution in [2.75, 3.05) is 44.5 Å². The minimum absolute atomic E-state index is 0.198. The summed E-state index contributed by atoms with van der Waals surface area (Å²) in [5, 5.41) is 11.1. The van der Waals surface area contributed by atoms with E-state index in [1.165, 1.54) is 19.2 Å². The van der Waals surface area contributed by atoms with Crippen molar-refractivity contribution in [1.29, 1.82) is 0 Å². The second-order valence-electron chi connectivity index (χ2n) is 8.52. The van der Waals surface area contributed by atoms with Crippen molar-refractivity contribution in [3.05, 3.63) is 89.0 Å². The molecule has 0 bridgehead atoms. The zero-order chi connectivity index (χ0) is 27.5. The first-order valence-electron chi connectivity index (χ1n) is 11.8. The quantitative estimate of drug-likeness (QED) is 0.324. The maximum atomic E-state index is 13.6. The Balaban J connectivity index is 1.83. The highest BCUT2D eigenvalue weighted by Gasteiger charge is 2.26. The zero-order valence-electron chi connectivity index (χ0n) is 21.6. The summed E-state index contributed by atoms with van der Waals surface area (Å²) >= 11 is 0. The highest BCUT2D eigenvalue weighted by Crippen LogP contribution is 2.23. The second kappa shape index (κ2) is 13.4. The first-order valence-corrected chi connectivity index (χ1v) is 11.8. The maximum Gasteiger partial charge on any atom is 0.333 e. The topological polar surface area (TPSA) is 86.6 Å². The molecule has 1 N–H and O–H groups in total. The highest BCUT2D eigenvalue weighted by atomic mass is 16.5. The van der Waals surface area contributed by atoms with Crippen LogP contribution in [-0.2, 0) is 6.54 Å². The number of carbonyl (C=O) groups is 2. The van der Waals surface area contributed by atoms with Crippen molar-refractivity contribution in [3.63, 3.8) is 0 Å². The van der Waals surface area contributed by atoms with Crippen molar-refractivity contribution < 1.29 is 14.3 Å². The lowest BCUT2D eigenvalue weighted by atomic mass is 10.1. The summed E-state index contributed by atoms with van der Waals surface area (Å²) in [7, 11) is 5.44. The van der Waals surface area contributed by atoms with Crippen molar-refractivity contribution in [2.24, 2.45) is 10.2 Å². The van der Waals surface area contributed by atoms with Gasteiger partial charge >= 0.3 is 6.03 Å². The molecule has 0 aromatic heterocycles. The number of benzene rings is 3. The molecule has 3 aromatic carbocycles. The third-order valence-electron chi connectivity index (χ3n) is 5.46. The molecule has 0 radical (unpaired) electrons. The summed E-state index contributed by atoms with van der Waals surface area (Å²) in [6, 6.07) is 17.8. The van der Waals surface area contributed by atoms with Gasteiger partial charge in [-0.2, -0.15) is 10.2 Å². The van der Waals surface area contributed by atoms with E-state index in [0.29, 0.717) is 41.3 Å². The summed E-state index contributed by atoms with van der Waals surface area (Å²) in [5.74, 6) is 4.85. The fraction of sp³-hybridized carbons (Fsp3) is 0.200. The van der Waals surface area contributed by atoms with Gasteiger partial charge in [-0.1, -0.05) is 24.0 Å². The summed E-state index contributed by atoms with van der Waals surface area (Å²) in [6.07, 6.45) is 11.0. The van der Waals surface area contributed by atoms with Crippen LogP contribution in [0.2, 0.25) is 0 Å². The Kier molecular flexibility index (Phi) is 9.76. The Hall–Kier alpha value is -4.92. The molecular formula is C30H29N5O3. The molecule has 38 heavy (non-hydrogen) atoms. The lowest BCUT2D eigenvalue weighted by molar-refractivity contribution is 0.0995. The molecule has 0 saturated heterocycles. The molecule has 8 nitrogen and oxygen atoms in total. The van der Waals surface area contributed by atoms with E-state index in [1.807, 2.05) is 31.1 Å². The van der Waals surface area contributed by atoms with Crippen molar-refractivity contribution in [3.8, 4) is 30.4 Å². The van der Waals surface area contributed by atoms with Gasteiger partial charge in [0.2, 0.25) is 0 Å². The molecule has 0 heterocycles. The van der Waals surface area contributed by atoms with E-state index in [1.54, 1.807) is 42.5 Å². The number of terminal acetylenes is 2. The Morgan fingerprint density at radius 3 is 2.21 bits per heavy atom. The lowest BCUT2D eigenvalue weighted by Crippen LogP contribution is -2.40. The Morgan fingerprint density at radius 2 is 1.61 bits per heavy atom. The van der Waals surface area contributed by atoms with Crippen LogP contribution in [0.15, 0.2) is 77.0 Å². The summed E-state index contributed by atoms with van der Waals surface area (Å²) in [6.45, 7) is 1.89. The number of rotatable bonds is 9. The van der Waals surface area contributed by atoms with Crippen LogP contribution in [-0.4, -0.2) is 51.1 Å². The van der Waals surface area contributed by atoms with E-state index in [0.717, 1.165) is 17.0 Å². The van der Waals surface area contributed by atoms with Gasteiger partial charge in [-0.05, 0) is 74.3 Å². The van der Waals surface area contributed by atoms with E-state index in [2.05, 4.69) is 27.4 Å². The Morgan fingerprint density at radius 1 is 0.921 bits per heavy atom. The van der Waals surface area contributed by atoms with Crippen molar-refractivity contribution >= 4 is 23.3 Å². The SMILES string of the molecule is C#Cc1ccc(N(C(=O)Nc2ccc(CN=NCCN(C)C)cc2)C(=O)c2cc(C#C)cc(OC)c2)cc1. The standard InChI is InChI=1S/C30H29N5O3/c1-6-22-10-14-27(15-11-22)35(29(36)25-18-23(7-2)19-28(20-25)38-5)30(37)33-26-12-8-24(9-13-26)21-32-31-16-17-34(3)4/h1-2,8-15,18-20H,16-17,21H2,3-5H3,(H,33,37). The molecule has 192 valence electrons. The largest absolute Gasteiger partial charge is 0.497 e. The van der Waals surface area contributed by atoms with E-state index in [4.69, 9.17) is 17.6 Å². The first-order chi connectivity index (χ1) is 18.3. The number of amides is 3. The molecule has 0 fully saturated rings. The van der Waals surface area contributed by atoms with Crippen LogP contribution in [0.3, 0.4) is 0 Å². The van der Waals surface area contributed by atoms with Crippen LogP contribution in [0.4, 0.5) is 16.2 Å². The van der Waals surface area contributed by atoms with Gasteiger partial charge in [0.05, 0.1) is 25.9 Å². The molecule has 3 rings (SSSR count). The monoisotopic (exact) mass is 507 g/mol. The normalized spacial score (nSPS) is 10.6. The van der Waals surface area contributed by atoms with Gasteiger partial charge in [-0.15, -0.1) is 12.8 Å². The van der Waals surface area contributed by atoms with Crippen LogP contribution < -0.4 is 15.0 Å². The first kappa shape index (κ1) is 27.7. The molecule has 3 aromatic rings. The van der Waals surface area contributed by atoms with Gasteiger partial charge in [-0.25, -0.2) is 9.69 Å². The molecule has 3 amide bonds. The number of methoxy groups -OCH3 is 1. The Labute approximate surface area is 223 Å². The molecule has 0 saturated carbocycles. The van der Waals surface area contributed by atoms with E-state index >= 15 is 0 Å². The Bertz CT molecular complexity index is 1380. The number of nitrogens with one attached hydrogen (secondary N) is 1. The van der Waals surface area contributed by atoms with Crippen LogP contribution >= 0.6 is 0 Å². The highest BCUT2D eigenvalue weighted by molar-refractivity contribution is 6.23. The van der Waals surface area contributed by atoms with Crippen LogP contribution in [0.25, 0.3) is 0 Å². The molecular weight excluding hydrogens is 478 g/mol. The number of carbonyl (C=O) groups excluding carboxylic acids is 2. The van der Waals surface area contributed by atoms with E-state index < -0.39 is 11.9 Å². The van der Waals surface area contributed by atoms with E-state index in [-0.39, 0.29) is 5.56 Å². The number of likely N-dealkylation sites (N-methyl/N-ethyl adjacent to an activating group) is 1. The zero-order valence-corrected chi connectivity index (χ0v) is 21.6. The molecule has 0 atom stereocenters. The molecule has 0 aliphatic rings. The fourth-order valence-electron chi connectivity index (χ4n) is 3.41. The summed E-state index contributed by atoms with van der Waals surface area (Å²) in [4.78, 5) is 30.1. The minimum Gasteiger partial charge on any atom is -0.497 e. The molecule has 0 spiro atoms. The number of ether oxygens (including phenoxy) is 1. The average molecular weight is 508 g/mol. The molecule has 0 unspecified atom stereocenters. The number of imide groups is 1. The summed E-state index contributed by atoms with van der Waals surface area (Å²) in [5.41, 5.74) is 3.05. The fourth-order valence-corrected chi connectivity index (χ4v) is 3.41. The maximum absolute atomic E-state index is 13.6. The van der Waals surface area contributed by atoms with E-state index in [9.17, 15) is 9.59 Å². The number of azo groups is 1. The number of hydrogen-bond donors (Lipinski definition) is 1. The second-order valence-corrected chi connectivity index (χ2v) is 8.52. The minimum atomic E-state index is -0.648. The van der Waals surface area contributed by atoms with Gasteiger partial charge < -0.3 is 15.0 Å². The smallest absolute Gasteiger partial charge is 0.333 e. The van der Waals surface area contributed by atoms with Gasteiger partial charge in [0, 0.05) is 28.9 Å². The van der Waals surface area contributed by atoms with Crippen molar-refractivity contribution in [1.82, 2.24) is 4.90 Å². The van der Waals surface area contributed by atoms with Crippen LogP contribution in [0.5, 0.6) is 5.75 Å².